The van der Waals surface area contributed by atoms with Crippen LogP contribution in [0.1, 0.15) is 18.6 Å². The molecule has 0 aromatic heterocycles. The lowest BCUT2D eigenvalue weighted by atomic mass is 10.0. The van der Waals surface area contributed by atoms with Crippen LogP contribution in [0.2, 0.25) is 0 Å². The maximum Gasteiger partial charge on any atom is 0.412 e. The second kappa shape index (κ2) is 12.7. The third-order valence-corrected chi connectivity index (χ3v) is 5.47. The lowest BCUT2D eigenvalue weighted by molar-refractivity contribution is -0.112. The quantitative estimate of drug-likeness (QED) is 0.196. The van der Waals surface area contributed by atoms with Crippen molar-refractivity contribution in [2.75, 3.05) is 23.0 Å². The molecule has 0 spiro atoms. The first-order chi connectivity index (χ1) is 17.3. The number of phenols is 1. The van der Waals surface area contributed by atoms with Crippen LogP contribution in [0.3, 0.4) is 0 Å². The van der Waals surface area contributed by atoms with Gasteiger partial charge in [0.1, 0.15) is 6.10 Å². The molecule has 0 aliphatic rings. The predicted molar refractivity (Wildman–Crippen MR) is 139 cm³/mol. The van der Waals surface area contributed by atoms with Crippen molar-refractivity contribution in [2.24, 2.45) is 0 Å². The molecule has 0 radical (unpaired) electrons. The van der Waals surface area contributed by atoms with E-state index in [1.807, 2.05) is 0 Å². The molecule has 2 atom stereocenters. The zero-order valence-electron chi connectivity index (χ0n) is 19.3. The van der Waals surface area contributed by atoms with Crippen LogP contribution in [0.5, 0.6) is 5.75 Å². The van der Waals surface area contributed by atoms with E-state index < -0.39 is 35.8 Å². The van der Waals surface area contributed by atoms with Crippen LogP contribution in [0.4, 0.5) is 26.2 Å². The number of nitrogens with one attached hydrogen (secondary N) is 2. The van der Waals surface area contributed by atoms with E-state index in [0.29, 0.717) is 17.1 Å². The summed E-state index contributed by atoms with van der Waals surface area (Å²) in [6.07, 6.45) is -0.322. The topological polar surface area (TPSA) is 123 Å². The Morgan fingerprint density at radius 1 is 1.11 bits per heavy atom. The Kier molecular flexibility index (Phi) is 9.43. The first kappa shape index (κ1) is 26.7. The van der Waals surface area contributed by atoms with Gasteiger partial charge >= 0.3 is 6.09 Å². The number of nitrogens with two attached hydrogens (primary N) is 1. The summed E-state index contributed by atoms with van der Waals surface area (Å²) in [5, 5.41) is 14.9. The molecule has 3 aromatic carbocycles. The lowest BCUT2D eigenvalue weighted by Gasteiger charge is -2.25. The van der Waals surface area contributed by atoms with Gasteiger partial charge in [-0.05, 0) is 67.1 Å². The van der Waals surface area contributed by atoms with Crippen molar-refractivity contribution in [1.29, 1.82) is 0 Å². The zero-order chi connectivity index (χ0) is 26.1. The van der Waals surface area contributed by atoms with Gasteiger partial charge in [-0.3, -0.25) is 10.1 Å². The van der Waals surface area contributed by atoms with Crippen molar-refractivity contribution >= 4 is 45.0 Å². The number of benzene rings is 3. The smallest absolute Gasteiger partial charge is 0.412 e. The molecule has 0 fully saturated rings. The van der Waals surface area contributed by atoms with Gasteiger partial charge in [0.05, 0.1) is 11.4 Å². The van der Waals surface area contributed by atoms with E-state index in [1.54, 1.807) is 55.5 Å². The van der Waals surface area contributed by atoms with Crippen LogP contribution in [0.25, 0.3) is 0 Å². The molecule has 3 aromatic rings. The summed E-state index contributed by atoms with van der Waals surface area (Å²) in [5.74, 6) is -1.95. The molecule has 10 heteroatoms. The van der Waals surface area contributed by atoms with E-state index in [0.717, 1.165) is 16.6 Å². The van der Waals surface area contributed by atoms with Gasteiger partial charge in [0, 0.05) is 22.8 Å². The summed E-state index contributed by atoms with van der Waals surface area (Å²) < 4.78 is 26.3. The number of rotatable bonds is 9. The Morgan fingerprint density at radius 2 is 1.83 bits per heavy atom. The molecule has 0 aliphatic carbocycles. The minimum atomic E-state index is -1.15. The maximum atomic E-state index is 14.2. The number of ether oxygens (including phenoxy) is 2. The van der Waals surface area contributed by atoms with Gasteiger partial charge in [0.25, 0.3) is 0 Å². The fraction of sp³-hybridized carbons (Fsp3) is 0.154. The van der Waals surface area contributed by atoms with Crippen LogP contribution in [-0.2, 0) is 14.3 Å². The van der Waals surface area contributed by atoms with Crippen molar-refractivity contribution < 1.29 is 28.6 Å². The number of hydrogen-bond acceptors (Lipinski definition) is 6. The minimum Gasteiger partial charge on any atom is -0.505 e. The second-order valence-electron chi connectivity index (χ2n) is 7.52. The number of hydrogen-bond donors (Lipinski definition) is 4. The molecule has 3 rings (SSSR count). The number of carbonyl (C=O) groups excluding carboxylic acids is 2. The van der Waals surface area contributed by atoms with Crippen molar-refractivity contribution in [2.45, 2.75) is 19.1 Å². The fourth-order valence-corrected chi connectivity index (χ4v) is 3.49. The molecule has 0 saturated heterocycles. The van der Waals surface area contributed by atoms with Crippen LogP contribution < -0.4 is 16.4 Å². The van der Waals surface area contributed by atoms with E-state index >= 15 is 0 Å². The number of anilines is 3. The first-order valence-corrected chi connectivity index (χ1v) is 11.7. The second-order valence-corrected chi connectivity index (χ2v) is 8.44. The monoisotopic (exact) mass is 557 g/mol. The van der Waals surface area contributed by atoms with Gasteiger partial charge in [-0.1, -0.05) is 34.1 Å². The third-order valence-electron chi connectivity index (χ3n) is 4.94. The molecule has 0 unspecified atom stereocenters. The molecule has 0 aliphatic heterocycles. The number of aromatic hydroxyl groups is 1. The Balaban J connectivity index is 1.84. The Morgan fingerprint density at radius 3 is 2.50 bits per heavy atom. The van der Waals surface area contributed by atoms with E-state index in [2.05, 4.69) is 26.6 Å². The molecule has 0 heterocycles. The number of halogens is 2. The summed E-state index contributed by atoms with van der Waals surface area (Å²) in [4.78, 5) is 25.2. The Bertz CT molecular complexity index is 1240. The van der Waals surface area contributed by atoms with E-state index in [9.17, 15) is 19.1 Å². The minimum absolute atomic E-state index is 0.205. The largest absolute Gasteiger partial charge is 0.505 e. The summed E-state index contributed by atoms with van der Waals surface area (Å²) in [6, 6.07) is 17.2. The number of para-hydroxylation sites is 2. The molecule has 0 bridgehead atoms. The average molecular weight is 558 g/mol. The normalized spacial score (nSPS) is 12.6. The molecule has 36 heavy (non-hydrogen) atoms. The SMILES string of the molecule is CCO[C@H](/C=C/C(=O)Nc1ccccc1N)[C@H](OC(=O)Nc1ccc(Br)cc1)c1ccc(O)c(F)c1. The molecule has 2 amide bonds. The highest BCUT2D eigenvalue weighted by atomic mass is 79.9. The average Bonchev–Trinajstić information content (AvgIpc) is 2.85. The van der Waals surface area contributed by atoms with Crippen LogP contribution in [0.15, 0.2) is 83.4 Å². The highest BCUT2D eigenvalue weighted by Gasteiger charge is 2.27. The first-order valence-electron chi connectivity index (χ1n) is 10.9. The van der Waals surface area contributed by atoms with Crippen LogP contribution in [0, 0.1) is 5.82 Å². The fourth-order valence-electron chi connectivity index (χ4n) is 3.22. The third kappa shape index (κ3) is 7.56. The molecule has 5 N–H and O–H groups in total. The van der Waals surface area contributed by atoms with E-state index in [4.69, 9.17) is 15.2 Å². The van der Waals surface area contributed by atoms with Crippen molar-refractivity contribution in [1.82, 2.24) is 0 Å². The standard InChI is InChI=1S/C26H25BrFN3O5/c1-2-35-23(13-14-24(33)31-21-6-4-3-5-20(21)29)25(16-7-12-22(32)19(28)15-16)36-26(34)30-18-10-8-17(27)9-11-18/h3-15,23,25,32H,2,29H2,1H3,(H,30,34)(H,31,33)/b14-13+/t23-,25-/m1/s1. The zero-order valence-corrected chi connectivity index (χ0v) is 20.9. The van der Waals surface area contributed by atoms with Gasteiger partial charge < -0.3 is 25.6 Å². The summed E-state index contributed by atoms with van der Waals surface area (Å²) >= 11 is 3.32. The summed E-state index contributed by atoms with van der Waals surface area (Å²) in [5.41, 5.74) is 7.38. The van der Waals surface area contributed by atoms with E-state index in [-0.39, 0.29) is 12.2 Å². The molecule has 0 saturated carbocycles. The predicted octanol–water partition coefficient (Wildman–Crippen LogP) is 5.77. The van der Waals surface area contributed by atoms with Gasteiger partial charge in [-0.2, -0.15) is 0 Å². The van der Waals surface area contributed by atoms with Gasteiger partial charge in [0.15, 0.2) is 17.7 Å². The van der Waals surface area contributed by atoms with E-state index in [1.165, 1.54) is 18.2 Å². The summed E-state index contributed by atoms with van der Waals surface area (Å²) in [6.45, 7) is 1.93. The highest BCUT2D eigenvalue weighted by Crippen LogP contribution is 2.29. The molecular weight excluding hydrogens is 533 g/mol. The van der Waals surface area contributed by atoms with Crippen LogP contribution >= 0.6 is 15.9 Å². The highest BCUT2D eigenvalue weighted by molar-refractivity contribution is 9.10. The molecule has 8 nitrogen and oxygen atoms in total. The van der Waals surface area contributed by atoms with Gasteiger partial charge in [-0.15, -0.1) is 0 Å². The van der Waals surface area contributed by atoms with Crippen molar-refractivity contribution in [3.05, 3.63) is 94.7 Å². The van der Waals surface area contributed by atoms with Crippen LogP contribution in [-0.4, -0.2) is 29.8 Å². The van der Waals surface area contributed by atoms with Gasteiger partial charge in [-0.25, -0.2) is 9.18 Å². The number of carbonyl (C=O) groups is 2. The Hall–Kier alpha value is -3.89. The van der Waals surface area contributed by atoms with Crippen molar-refractivity contribution in [3.63, 3.8) is 0 Å². The van der Waals surface area contributed by atoms with Crippen molar-refractivity contribution in [3.8, 4) is 5.75 Å². The molecule has 188 valence electrons. The Labute approximate surface area is 216 Å². The number of amides is 2. The lowest BCUT2D eigenvalue weighted by Crippen LogP contribution is -2.28. The maximum absolute atomic E-state index is 14.2. The number of nitrogen functional groups attached to an aromatic ring is 1. The summed E-state index contributed by atoms with van der Waals surface area (Å²) in [7, 11) is 0. The van der Waals surface area contributed by atoms with Gasteiger partial charge in [0.2, 0.25) is 5.91 Å². The molecular formula is C26H25BrFN3O5. The number of phenolic OH excluding ortho intramolecular Hbond substituents is 1.